The molecule has 0 N–H and O–H groups in total. The molecule has 0 saturated heterocycles. The third-order valence-corrected chi connectivity index (χ3v) is 5.54. The smallest absolute Gasteiger partial charge is 0.197 e. The van der Waals surface area contributed by atoms with Gasteiger partial charge in [0.05, 0.1) is 11.4 Å². The molecule has 0 saturated carbocycles. The van der Waals surface area contributed by atoms with Crippen LogP contribution in [0.1, 0.15) is 27.0 Å². The van der Waals surface area contributed by atoms with Crippen LogP contribution in [-0.2, 0) is 11.8 Å². The van der Waals surface area contributed by atoms with Crippen LogP contribution < -0.4 is 0 Å². The molecule has 0 bridgehead atoms. The van der Waals surface area contributed by atoms with Gasteiger partial charge in [-0.2, -0.15) is 0 Å². The molecule has 0 amide bonds. The van der Waals surface area contributed by atoms with Crippen LogP contribution >= 0.6 is 23.2 Å². The fourth-order valence-corrected chi connectivity index (χ4v) is 3.62. The van der Waals surface area contributed by atoms with Crippen LogP contribution in [0.25, 0.3) is 22.5 Å². The molecule has 0 aliphatic heterocycles. The number of pyridine rings is 2. The number of hydrogen-bond donors (Lipinski definition) is 0. The van der Waals surface area contributed by atoms with Gasteiger partial charge in [-0.25, -0.2) is 8.78 Å². The summed E-state index contributed by atoms with van der Waals surface area (Å²) in [5.41, 5.74) is 3.87. The van der Waals surface area contributed by atoms with E-state index in [-0.39, 0.29) is 17.5 Å². The Morgan fingerprint density at radius 1 is 0.688 bits per heavy atom. The highest BCUT2D eigenvalue weighted by atomic mass is 35.5. The molecule has 4 rings (SSSR count). The second-order valence-corrected chi connectivity index (χ2v) is 7.62. The molecule has 0 spiro atoms. The van der Waals surface area contributed by atoms with E-state index in [1.54, 1.807) is 48.8 Å². The molecule has 4 aromatic rings. The highest BCUT2D eigenvalue weighted by Crippen LogP contribution is 2.30. The molecule has 2 aromatic heterocycles. The molecule has 0 unspecified atom stereocenters. The number of alkyl halides is 2. The summed E-state index contributed by atoms with van der Waals surface area (Å²) in [7, 11) is 0. The quantitative estimate of drug-likeness (QED) is 0.231. The fourth-order valence-electron chi connectivity index (χ4n) is 3.33. The number of carbonyl (C=O) groups excluding carboxylic acids is 1. The van der Waals surface area contributed by atoms with Crippen molar-refractivity contribution in [2.75, 3.05) is 0 Å². The van der Waals surface area contributed by atoms with E-state index in [1.807, 2.05) is 0 Å². The summed E-state index contributed by atoms with van der Waals surface area (Å²) in [5.74, 6) is -0.792. The van der Waals surface area contributed by atoms with Gasteiger partial charge in [0.1, 0.15) is 11.6 Å². The van der Waals surface area contributed by atoms with Crippen LogP contribution in [0, 0.1) is 11.6 Å². The van der Waals surface area contributed by atoms with Gasteiger partial charge in [-0.1, -0.05) is 0 Å². The summed E-state index contributed by atoms with van der Waals surface area (Å²) in [6.07, 6.45) is 3.16. The summed E-state index contributed by atoms with van der Waals surface area (Å²) in [6, 6.07) is 14.8. The molecule has 0 aliphatic carbocycles. The normalized spacial score (nSPS) is 10.9. The minimum absolute atomic E-state index is 0.168. The number of rotatable bonds is 6. The third-order valence-electron chi connectivity index (χ3n) is 4.92. The Bertz CT molecular complexity index is 1180. The van der Waals surface area contributed by atoms with Gasteiger partial charge < -0.3 is 0 Å². The van der Waals surface area contributed by atoms with Crippen molar-refractivity contribution in [1.29, 1.82) is 0 Å². The standard InChI is InChI=1S/C25H16Cl2F2N2O/c26-11-15-9-21(23(30-13-15)17-1-5-19(28)6-2-17)25(32)22-10-16(12-27)14-31-24(22)18-3-7-20(29)8-4-18/h1-10,13-14H,11-12H2. The number of ketones is 1. The highest BCUT2D eigenvalue weighted by molar-refractivity contribution is 6.18. The first-order chi connectivity index (χ1) is 15.5. The predicted octanol–water partition coefficient (Wildman–Crippen LogP) is 6.80. The maximum Gasteiger partial charge on any atom is 0.197 e. The van der Waals surface area contributed by atoms with Gasteiger partial charge in [-0.3, -0.25) is 14.8 Å². The fraction of sp³-hybridized carbons (Fsp3) is 0.0800. The summed E-state index contributed by atoms with van der Waals surface area (Å²) < 4.78 is 26.9. The lowest BCUT2D eigenvalue weighted by Gasteiger charge is -2.13. The van der Waals surface area contributed by atoms with E-state index in [2.05, 4.69) is 9.97 Å². The number of hydrogen-bond acceptors (Lipinski definition) is 3. The van der Waals surface area contributed by atoms with Crippen LogP contribution in [0.2, 0.25) is 0 Å². The van der Waals surface area contributed by atoms with Gasteiger partial charge in [0.2, 0.25) is 0 Å². The lowest BCUT2D eigenvalue weighted by Crippen LogP contribution is -2.09. The zero-order valence-corrected chi connectivity index (χ0v) is 18.2. The molecular formula is C25H16Cl2F2N2O. The monoisotopic (exact) mass is 468 g/mol. The molecule has 0 radical (unpaired) electrons. The van der Waals surface area contributed by atoms with Crippen molar-refractivity contribution in [2.45, 2.75) is 11.8 Å². The third kappa shape index (κ3) is 4.54. The molecular weight excluding hydrogens is 453 g/mol. The van der Waals surface area contributed by atoms with Crippen molar-refractivity contribution in [3.05, 3.63) is 107 Å². The Balaban J connectivity index is 1.90. The van der Waals surface area contributed by atoms with Crippen molar-refractivity contribution in [3.63, 3.8) is 0 Å². The summed E-state index contributed by atoms with van der Waals surface area (Å²) in [6.45, 7) is 0. The summed E-state index contributed by atoms with van der Waals surface area (Å²) in [4.78, 5) is 22.6. The zero-order chi connectivity index (χ0) is 22.7. The Labute approximate surface area is 193 Å². The summed E-state index contributed by atoms with van der Waals surface area (Å²) in [5, 5.41) is 0. The molecule has 2 aromatic carbocycles. The molecule has 0 aliphatic rings. The van der Waals surface area contributed by atoms with Gasteiger partial charge in [0.15, 0.2) is 5.78 Å². The molecule has 160 valence electrons. The van der Waals surface area contributed by atoms with Crippen LogP contribution in [0.15, 0.2) is 73.1 Å². The van der Waals surface area contributed by atoms with E-state index in [9.17, 15) is 13.6 Å². The topological polar surface area (TPSA) is 42.9 Å². The average Bonchev–Trinajstić information content (AvgIpc) is 2.84. The zero-order valence-electron chi connectivity index (χ0n) is 16.7. The second kappa shape index (κ2) is 9.55. The van der Waals surface area contributed by atoms with Gasteiger partial charge >= 0.3 is 0 Å². The number of nitrogens with zero attached hydrogens (tertiary/aromatic N) is 2. The summed E-state index contributed by atoms with van der Waals surface area (Å²) >= 11 is 12.0. The Morgan fingerprint density at radius 3 is 1.41 bits per heavy atom. The SMILES string of the molecule is O=C(c1cc(CCl)cnc1-c1ccc(F)cc1)c1cc(CCl)cnc1-c1ccc(F)cc1. The van der Waals surface area contributed by atoms with Crippen LogP contribution in [0.3, 0.4) is 0 Å². The van der Waals surface area contributed by atoms with E-state index in [4.69, 9.17) is 23.2 Å². The lowest BCUT2D eigenvalue weighted by atomic mass is 9.93. The molecule has 3 nitrogen and oxygen atoms in total. The molecule has 0 atom stereocenters. The van der Waals surface area contributed by atoms with Crippen LogP contribution in [0.5, 0.6) is 0 Å². The highest BCUT2D eigenvalue weighted by Gasteiger charge is 2.22. The van der Waals surface area contributed by atoms with E-state index in [0.29, 0.717) is 44.8 Å². The van der Waals surface area contributed by atoms with Gasteiger partial charge in [-0.05, 0) is 71.8 Å². The van der Waals surface area contributed by atoms with Crippen molar-refractivity contribution in [3.8, 4) is 22.5 Å². The first-order valence-corrected chi connectivity index (χ1v) is 10.7. The first-order valence-electron chi connectivity index (χ1n) is 9.66. The minimum Gasteiger partial charge on any atom is -0.288 e. The molecule has 0 fully saturated rings. The Hall–Kier alpha value is -3.15. The van der Waals surface area contributed by atoms with Gasteiger partial charge in [0, 0.05) is 46.4 Å². The number of halogens is 4. The number of aromatic nitrogens is 2. The van der Waals surface area contributed by atoms with E-state index >= 15 is 0 Å². The van der Waals surface area contributed by atoms with Crippen LogP contribution in [0.4, 0.5) is 8.78 Å². The maximum absolute atomic E-state index is 13.8. The second-order valence-electron chi connectivity index (χ2n) is 7.09. The van der Waals surface area contributed by atoms with Crippen molar-refractivity contribution >= 4 is 29.0 Å². The van der Waals surface area contributed by atoms with Gasteiger partial charge in [-0.15, -0.1) is 23.2 Å². The predicted molar refractivity (Wildman–Crippen MR) is 122 cm³/mol. The van der Waals surface area contributed by atoms with Crippen molar-refractivity contribution in [2.24, 2.45) is 0 Å². The number of benzene rings is 2. The van der Waals surface area contributed by atoms with Crippen molar-refractivity contribution < 1.29 is 13.6 Å². The Morgan fingerprint density at radius 2 is 1.06 bits per heavy atom. The van der Waals surface area contributed by atoms with Gasteiger partial charge in [0.25, 0.3) is 0 Å². The van der Waals surface area contributed by atoms with E-state index < -0.39 is 11.6 Å². The lowest BCUT2D eigenvalue weighted by molar-refractivity contribution is 0.103. The molecule has 32 heavy (non-hydrogen) atoms. The molecule has 2 heterocycles. The molecule has 7 heteroatoms. The Kier molecular flexibility index (Phi) is 6.58. The number of carbonyl (C=O) groups is 1. The largest absolute Gasteiger partial charge is 0.288 e. The maximum atomic E-state index is 13.8. The minimum atomic E-state index is -0.392. The average molecular weight is 469 g/mol. The first kappa shape index (κ1) is 22.1. The van der Waals surface area contributed by atoms with E-state index in [1.165, 1.54) is 24.3 Å². The van der Waals surface area contributed by atoms with Crippen LogP contribution in [-0.4, -0.2) is 15.8 Å². The van der Waals surface area contributed by atoms with E-state index in [0.717, 1.165) is 0 Å². The van der Waals surface area contributed by atoms with Crippen molar-refractivity contribution in [1.82, 2.24) is 9.97 Å².